The van der Waals surface area contributed by atoms with E-state index in [1.807, 2.05) is 0 Å². The molecule has 0 spiro atoms. The molecule has 1 fully saturated rings. The fourth-order valence-electron chi connectivity index (χ4n) is 2.34. The Kier molecular flexibility index (Phi) is 3.58. The first-order valence-electron chi connectivity index (χ1n) is 7.23. The maximum absolute atomic E-state index is 14.0. The summed E-state index contributed by atoms with van der Waals surface area (Å²) in [6.07, 6.45) is 1.27. The van der Waals surface area contributed by atoms with Gasteiger partial charge in [-0.25, -0.2) is 9.18 Å². The third kappa shape index (κ3) is 3.18. The van der Waals surface area contributed by atoms with E-state index in [9.17, 15) is 13.6 Å². The zero-order valence-corrected chi connectivity index (χ0v) is 13.1. The normalized spacial score (nSPS) is 14.8. The van der Waals surface area contributed by atoms with Gasteiger partial charge in [-0.3, -0.25) is 5.10 Å². The topological polar surface area (TPSA) is 58.2 Å². The van der Waals surface area contributed by atoms with Crippen LogP contribution in [0.2, 0.25) is 0 Å². The summed E-state index contributed by atoms with van der Waals surface area (Å²) in [5.41, 5.74) is 1.03. The summed E-state index contributed by atoms with van der Waals surface area (Å²) >= 11 is 0. The van der Waals surface area contributed by atoms with Crippen molar-refractivity contribution in [1.29, 1.82) is 0 Å². The van der Waals surface area contributed by atoms with Gasteiger partial charge in [0.05, 0.1) is 10.9 Å². The van der Waals surface area contributed by atoms with Crippen LogP contribution in [0.4, 0.5) is 13.6 Å². The quantitative estimate of drug-likeness (QED) is 0.875. The van der Waals surface area contributed by atoms with Crippen molar-refractivity contribution >= 4 is 23.1 Å². The number of hydrogen-bond acceptors (Lipinski definition) is 3. The van der Waals surface area contributed by atoms with Crippen molar-refractivity contribution in [1.82, 2.24) is 15.1 Å². The third-order valence-corrected chi connectivity index (χ3v) is 3.43. The van der Waals surface area contributed by atoms with Gasteiger partial charge in [-0.2, -0.15) is 9.49 Å². The molecule has 23 heavy (non-hydrogen) atoms. The molecule has 1 saturated heterocycles. The number of fused-ring (bicyclic) bond motifs is 1. The monoisotopic (exact) mass is 321 g/mol. The van der Waals surface area contributed by atoms with Gasteiger partial charge < -0.3 is 9.64 Å². The number of carbonyl (C=O) groups excluding carboxylic acids is 1. The molecule has 7 heteroatoms. The van der Waals surface area contributed by atoms with Crippen molar-refractivity contribution < 1.29 is 18.3 Å². The van der Waals surface area contributed by atoms with E-state index >= 15 is 0 Å². The summed E-state index contributed by atoms with van der Waals surface area (Å²) in [4.78, 5) is 13.4. The summed E-state index contributed by atoms with van der Waals surface area (Å²) in [6, 6.07) is 2.60. The minimum Gasteiger partial charge on any atom is -0.444 e. The maximum atomic E-state index is 14.0. The van der Waals surface area contributed by atoms with Crippen LogP contribution >= 0.6 is 0 Å². The molecule has 1 aliphatic heterocycles. The van der Waals surface area contributed by atoms with Crippen LogP contribution in [0.25, 0.3) is 17.0 Å². The zero-order valence-electron chi connectivity index (χ0n) is 13.1. The number of benzene rings is 1. The number of H-pyrrole nitrogens is 1. The molecular formula is C16H17F2N3O2. The molecule has 0 radical (unpaired) electrons. The molecule has 122 valence electrons. The molecule has 0 bridgehead atoms. The van der Waals surface area contributed by atoms with E-state index in [-0.39, 0.29) is 11.5 Å². The predicted octanol–water partition coefficient (Wildman–Crippen LogP) is 3.48. The van der Waals surface area contributed by atoms with E-state index in [2.05, 4.69) is 10.2 Å². The highest BCUT2D eigenvalue weighted by Crippen LogP contribution is 2.25. The van der Waals surface area contributed by atoms with Crippen molar-refractivity contribution in [2.45, 2.75) is 26.4 Å². The Morgan fingerprint density at radius 1 is 1.35 bits per heavy atom. The number of ether oxygens (including phenoxy) is 1. The predicted molar refractivity (Wildman–Crippen MR) is 81.8 cm³/mol. The molecule has 1 amide bonds. The van der Waals surface area contributed by atoms with Crippen molar-refractivity contribution in [3.8, 4) is 0 Å². The van der Waals surface area contributed by atoms with E-state index in [4.69, 9.17) is 4.74 Å². The van der Waals surface area contributed by atoms with Crippen LogP contribution in [0.15, 0.2) is 17.7 Å². The van der Waals surface area contributed by atoms with Crippen molar-refractivity contribution in [3.63, 3.8) is 0 Å². The standard InChI is InChI=1S/C16H17F2N3O2/c1-16(2,3)23-15(22)21-7-9(8-21)4-10-5-13-11(6-12(10)17)14(18)20-19-13/h4-6H,7-8H2,1-3H3,(H,19,20). The first-order chi connectivity index (χ1) is 10.7. The zero-order chi connectivity index (χ0) is 16.8. The number of nitrogens with one attached hydrogen (secondary N) is 1. The second-order valence-electron chi connectivity index (χ2n) is 6.57. The highest BCUT2D eigenvalue weighted by atomic mass is 19.1. The molecule has 1 N–H and O–H groups in total. The second-order valence-corrected chi connectivity index (χ2v) is 6.57. The van der Waals surface area contributed by atoms with E-state index in [0.717, 1.165) is 11.6 Å². The fraction of sp³-hybridized carbons (Fsp3) is 0.375. The van der Waals surface area contributed by atoms with Gasteiger partial charge >= 0.3 is 6.09 Å². The Labute approximate surface area is 131 Å². The van der Waals surface area contributed by atoms with Gasteiger partial charge in [0.1, 0.15) is 11.4 Å². The average Bonchev–Trinajstić information content (AvgIpc) is 2.72. The van der Waals surface area contributed by atoms with Crippen molar-refractivity contribution in [2.24, 2.45) is 0 Å². The molecule has 3 rings (SSSR count). The molecule has 1 aromatic carbocycles. The Bertz CT molecular complexity index is 797. The fourth-order valence-corrected chi connectivity index (χ4v) is 2.34. The average molecular weight is 321 g/mol. The lowest BCUT2D eigenvalue weighted by atomic mass is 10.0. The molecule has 2 aromatic rings. The van der Waals surface area contributed by atoms with Crippen LogP contribution in [0.1, 0.15) is 26.3 Å². The number of halogens is 2. The van der Waals surface area contributed by atoms with Gasteiger partial charge in [0.25, 0.3) is 0 Å². The largest absolute Gasteiger partial charge is 0.444 e. The Morgan fingerprint density at radius 3 is 2.70 bits per heavy atom. The third-order valence-electron chi connectivity index (χ3n) is 3.43. The first-order valence-corrected chi connectivity index (χ1v) is 7.23. The summed E-state index contributed by atoms with van der Waals surface area (Å²) in [5.74, 6) is -1.18. The molecular weight excluding hydrogens is 304 g/mol. The van der Waals surface area contributed by atoms with E-state index in [0.29, 0.717) is 24.2 Å². The van der Waals surface area contributed by atoms with Crippen LogP contribution < -0.4 is 0 Å². The molecule has 0 unspecified atom stereocenters. The second kappa shape index (κ2) is 5.33. The number of amides is 1. The van der Waals surface area contributed by atoms with Gasteiger partial charge in [0.15, 0.2) is 0 Å². The van der Waals surface area contributed by atoms with Crippen molar-refractivity contribution in [2.75, 3.05) is 13.1 Å². The Hall–Kier alpha value is -2.44. The molecule has 0 aliphatic carbocycles. The summed E-state index contributed by atoms with van der Waals surface area (Å²) in [5, 5.41) is 6.08. The minimum absolute atomic E-state index is 0.119. The highest BCUT2D eigenvalue weighted by molar-refractivity contribution is 5.82. The Morgan fingerprint density at radius 2 is 2.04 bits per heavy atom. The van der Waals surface area contributed by atoms with Crippen LogP contribution in [0.5, 0.6) is 0 Å². The lowest BCUT2D eigenvalue weighted by Gasteiger charge is -2.35. The molecule has 1 aliphatic rings. The van der Waals surface area contributed by atoms with Gasteiger partial charge in [-0.1, -0.05) is 0 Å². The number of aromatic amines is 1. The van der Waals surface area contributed by atoms with Crippen molar-refractivity contribution in [3.05, 3.63) is 35.0 Å². The van der Waals surface area contributed by atoms with Crippen LogP contribution in [0.3, 0.4) is 0 Å². The lowest BCUT2D eigenvalue weighted by Crippen LogP contribution is -2.46. The first kappa shape index (κ1) is 15.5. The summed E-state index contributed by atoms with van der Waals surface area (Å²) in [6.45, 7) is 6.18. The molecule has 0 saturated carbocycles. The van der Waals surface area contributed by atoms with Gasteiger partial charge in [-0.05, 0) is 44.6 Å². The van der Waals surface area contributed by atoms with Crippen LogP contribution in [-0.4, -0.2) is 39.9 Å². The smallest absolute Gasteiger partial charge is 0.410 e. The number of rotatable bonds is 1. The van der Waals surface area contributed by atoms with Crippen LogP contribution in [0, 0.1) is 11.8 Å². The maximum Gasteiger partial charge on any atom is 0.410 e. The summed E-state index contributed by atoms with van der Waals surface area (Å²) < 4.78 is 32.6. The number of aromatic nitrogens is 2. The molecule has 2 heterocycles. The van der Waals surface area contributed by atoms with Gasteiger partial charge in [0.2, 0.25) is 5.95 Å². The number of nitrogens with zero attached hydrogens (tertiary/aromatic N) is 2. The number of hydrogen-bond donors (Lipinski definition) is 1. The SMILES string of the molecule is CC(C)(C)OC(=O)N1CC(=Cc2cc3n[nH]c(F)c3cc2F)C1. The minimum atomic E-state index is -0.655. The van der Waals surface area contributed by atoms with E-state index < -0.39 is 17.4 Å². The van der Waals surface area contributed by atoms with E-state index in [1.54, 1.807) is 26.8 Å². The molecule has 0 atom stereocenters. The molecule has 5 nitrogen and oxygen atoms in total. The van der Waals surface area contributed by atoms with E-state index in [1.165, 1.54) is 11.0 Å². The number of likely N-dealkylation sites (tertiary alicyclic amines) is 1. The van der Waals surface area contributed by atoms with Crippen LogP contribution in [-0.2, 0) is 4.74 Å². The van der Waals surface area contributed by atoms with Gasteiger partial charge in [0, 0.05) is 18.7 Å². The van der Waals surface area contributed by atoms with Gasteiger partial charge in [-0.15, -0.1) is 0 Å². The molecule has 1 aromatic heterocycles. The Balaban J connectivity index is 1.72. The summed E-state index contributed by atoms with van der Waals surface area (Å²) in [7, 11) is 0. The number of carbonyl (C=O) groups is 1. The lowest BCUT2D eigenvalue weighted by molar-refractivity contribution is 0.0216. The highest BCUT2D eigenvalue weighted by Gasteiger charge is 2.29.